The van der Waals surface area contributed by atoms with E-state index in [0.29, 0.717) is 22.9 Å². The number of ether oxygens (including phenoxy) is 2. The van der Waals surface area contributed by atoms with Crippen LogP contribution in [0.2, 0.25) is 0 Å². The topological polar surface area (TPSA) is 44.5 Å². The largest absolute Gasteiger partial charge is 0.493 e. The Hall–Kier alpha value is -0.940. The minimum Gasteiger partial charge on any atom is -0.493 e. The van der Waals surface area contributed by atoms with E-state index < -0.39 is 0 Å². The van der Waals surface area contributed by atoms with Crippen molar-refractivity contribution in [1.29, 1.82) is 0 Å². The number of hydrogen-bond acceptors (Lipinski definition) is 4. The van der Waals surface area contributed by atoms with Crippen molar-refractivity contribution in [1.82, 2.24) is 0 Å². The summed E-state index contributed by atoms with van der Waals surface area (Å²) in [7, 11) is 3.15. The quantitative estimate of drug-likeness (QED) is 0.847. The minimum atomic E-state index is -0.259. The van der Waals surface area contributed by atoms with Crippen LogP contribution in [0.15, 0.2) is 11.0 Å². The van der Waals surface area contributed by atoms with Crippen molar-refractivity contribution < 1.29 is 13.9 Å². The molecule has 0 unspecified atom stereocenters. The predicted octanol–water partition coefficient (Wildman–Crippen LogP) is 3.34. The third-order valence-electron chi connectivity index (χ3n) is 4.28. The van der Waals surface area contributed by atoms with Gasteiger partial charge in [-0.2, -0.15) is 0 Å². The number of rotatable bonds is 5. The van der Waals surface area contributed by atoms with E-state index in [4.69, 9.17) is 15.2 Å². The van der Waals surface area contributed by atoms with Crippen molar-refractivity contribution in [3.8, 4) is 11.5 Å². The van der Waals surface area contributed by atoms with Crippen molar-refractivity contribution in [3.63, 3.8) is 0 Å². The Bertz CT molecular complexity index is 487. The first kappa shape index (κ1) is 15.4. The molecule has 20 heavy (non-hydrogen) atoms. The Kier molecular flexibility index (Phi) is 4.81. The number of halogens is 1. The van der Waals surface area contributed by atoms with Crippen LogP contribution in [-0.2, 0) is 5.41 Å². The molecule has 0 heterocycles. The van der Waals surface area contributed by atoms with Gasteiger partial charge in [-0.25, -0.2) is 4.39 Å². The van der Waals surface area contributed by atoms with E-state index in [1.54, 1.807) is 20.3 Å². The summed E-state index contributed by atoms with van der Waals surface area (Å²) >= 11 is 1.32. The van der Waals surface area contributed by atoms with Gasteiger partial charge in [0.05, 0.1) is 19.1 Å². The Balaban J connectivity index is 2.66. The monoisotopic (exact) mass is 299 g/mol. The Labute approximate surface area is 124 Å². The van der Waals surface area contributed by atoms with Crippen LogP contribution in [0.3, 0.4) is 0 Å². The fourth-order valence-electron chi connectivity index (χ4n) is 3.20. The molecule has 0 atom stereocenters. The second-order valence-corrected chi connectivity index (χ2v) is 6.01. The first-order valence-corrected chi connectivity index (χ1v) is 8.05. The van der Waals surface area contributed by atoms with Gasteiger partial charge in [-0.05, 0) is 25.2 Å². The molecule has 5 heteroatoms. The van der Waals surface area contributed by atoms with Crippen molar-refractivity contribution in [2.24, 2.45) is 5.73 Å². The Morgan fingerprint density at radius 3 is 2.30 bits per heavy atom. The van der Waals surface area contributed by atoms with Gasteiger partial charge in [0, 0.05) is 17.5 Å². The third-order valence-corrected chi connectivity index (χ3v) is 5.07. The van der Waals surface area contributed by atoms with Crippen LogP contribution < -0.4 is 15.2 Å². The summed E-state index contributed by atoms with van der Waals surface area (Å²) < 4.78 is 25.3. The minimum absolute atomic E-state index is 0.184. The molecule has 1 aliphatic rings. The van der Waals surface area contributed by atoms with Gasteiger partial charge in [-0.1, -0.05) is 12.8 Å². The molecule has 0 aliphatic heterocycles. The Morgan fingerprint density at radius 1 is 1.25 bits per heavy atom. The average Bonchev–Trinajstić information content (AvgIpc) is 2.95. The van der Waals surface area contributed by atoms with Crippen LogP contribution in [0.1, 0.15) is 31.2 Å². The summed E-state index contributed by atoms with van der Waals surface area (Å²) in [6.07, 6.45) is 6.01. The molecule has 1 aliphatic carbocycles. The molecule has 0 bridgehead atoms. The summed E-state index contributed by atoms with van der Waals surface area (Å²) in [4.78, 5) is 0.485. The normalized spacial score (nSPS) is 17.2. The highest BCUT2D eigenvalue weighted by Crippen LogP contribution is 2.50. The van der Waals surface area contributed by atoms with E-state index in [0.717, 1.165) is 31.2 Å². The fraction of sp³-hybridized carbons (Fsp3) is 0.600. The molecule has 0 radical (unpaired) electrons. The molecule has 1 saturated carbocycles. The molecule has 0 spiro atoms. The van der Waals surface area contributed by atoms with Gasteiger partial charge in [-0.3, -0.25) is 0 Å². The lowest BCUT2D eigenvalue weighted by atomic mass is 9.78. The van der Waals surface area contributed by atoms with E-state index in [1.165, 1.54) is 11.8 Å². The smallest absolute Gasteiger partial charge is 0.177 e. The maximum atomic E-state index is 14.4. The molecule has 3 nitrogen and oxygen atoms in total. The van der Waals surface area contributed by atoms with Crippen LogP contribution in [0.5, 0.6) is 11.5 Å². The zero-order valence-corrected chi connectivity index (χ0v) is 13.1. The maximum Gasteiger partial charge on any atom is 0.177 e. The average molecular weight is 299 g/mol. The molecule has 2 rings (SSSR count). The van der Waals surface area contributed by atoms with E-state index in [-0.39, 0.29) is 11.2 Å². The predicted molar refractivity (Wildman–Crippen MR) is 80.5 cm³/mol. The van der Waals surface area contributed by atoms with Crippen molar-refractivity contribution in [2.75, 3.05) is 27.0 Å². The van der Waals surface area contributed by atoms with Crippen molar-refractivity contribution in [2.45, 2.75) is 36.0 Å². The lowest BCUT2D eigenvalue weighted by molar-refractivity contribution is 0.325. The Morgan fingerprint density at radius 2 is 1.85 bits per heavy atom. The van der Waals surface area contributed by atoms with Gasteiger partial charge in [0.2, 0.25) is 0 Å². The number of nitrogens with two attached hydrogens (primary N) is 1. The fourth-order valence-corrected chi connectivity index (χ4v) is 3.81. The van der Waals surface area contributed by atoms with Crippen LogP contribution in [0, 0.1) is 5.82 Å². The molecule has 1 aromatic rings. The number of methoxy groups -OCH3 is 2. The molecule has 1 aromatic carbocycles. The lowest BCUT2D eigenvalue weighted by Crippen LogP contribution is -2.32. The first-order valence-electron chi connectivity index (χ1n) is 6.82. The number of hydrogen-bond donors (Lipinski definition) is 1. The van der Waals surface area contributed by atoms with Crippen LogP contribution >= 0.6 is 11.8 Å². The number of benzene rings is 1. The molecule has 0 aromatic heterocycles. The molecule has 2 N–H and O–H groups in total. The summed E-state index contributed by atoms with van der Waals surface area (Å²) in [5.74, 6) is 0.852. The standard InChI is InChI=1S/C15H22FNO2S/c1-18-12-10(15(9-17)6-4-5-7-15)8-11(16)14(20-3)13(12)19-2/h8H,4-7,9,17H2,1-3H3. The maximum absolute atomic E-state index is 14.4. The summed E-state index contributed by atoms with van der Waals surface area (Å²) in [5, 5.41) is 0. The van der Waals surface area contributed by atoms with Crippen molar-refractivity contribution >= 4 is 11.8 Å². The second kappa shape index (κ2) is 6.22. The summed E-state index contributed by atoms with van der Waals surface area (Å²) in [6.45, 7) is 0.505. The van der Waals surface area contributed by atoms with Gasteiger partial charge in [-0.15, -0.1) is 11.8 Å². The van der Waals surface area contributed by atoms with Gasteiger partial charge < -0.3 is 15.2 Å². The van der Waals surface area contributed by atoms with E-state index in [1.807, 2.05) is 6.26 Å². The molecular formula is C15H22FNO2S. The zero-order valence-electron chi connectivity index (χ0n) is 12.3. The van der Waals surface area contributed by atoms with E-state index >= 15 is 0 Å². The highest BCUT2D eigenvalue weighted by molar-refractivity contribution is 7.98. The summed E-state index contributed by atoms with van der Waals surface area (Å²) in [5.41, 5.74) is 6.68. The van der Waals surface area contributed by atoms with Crippen LogP contribution in [0.4, 0.5) is 4.39 Å². The van der Waals surface area contributed by atoms with Gasteiger partial charge >= 0.3 is 0 Å². The first-order chi connectivity index (χ1) is 9.63. The number of thioether (sulfide) groups is 1. The summed E-state index contributed by atoms with van der Waals surface area (Å²) in [6, 6.07) is 1.59. The molecular weight excluding hydrogens is 277 g/mol. The second-order valence-electron chi connectivity index (χ2n) is 5.20. The van der Waals surface area contributed by atoms with Crippen LogP contribution in [0.25, 0.3) is 0 Å². The van der Waals surface area contributed by atoms with Crippen LogP contribution in [-0.4, -0.2) is 27.0 Å². The van der Waals surface area contributed by atoms with E-state index in [9.17, 15) is 4.39 Å². The molecule has 0 saturated heterocycles. The highest BCUT2D eigenvalue weighted by Gasteiger charge is 2.39. The zero-order chi connectivity index (χ0) is 14.8. The molecule has 112 valence electrons. The van der Waals surface area contributed by atoms with Gasteiger partial charge in [0.15, 0.2) is 11.5 Å². The van der Waals surface area contributed by atoms with Gasteiger partial charge in [0.25, 0.3) is 0 Å². The van der Waals surface area contributed by atoms with Crippen molar-refractivity contribution in [3.05, 3.63) is 17.4 Å². The van der Waals surface area contributed by atoms with E-state index in [2.05, 4.69) is 0 Å². The SMILES string of the molecule is COc1c(C2(CN)CCCC2)cc(F)c(SC)c1OC. The lowest BCUT2D eigenvalue weighted by Gasteiger charge is -2.31. The third kappa shape index (κ3) is 2.37. The molecule has 0 amide bonds. The molecule has 1 fully saturated rings. The highest BCUT2D eigenvalue weighted by atomic mass is 32.2. The van der Waals surface area contributed by atoms with Gasteiger partial charge in [0.1, 0.15) is 5.82 Å².